The highest BCUT2D eigenvalue weighted by Crippen LogP contribution is 1.93. The summed E-state index contributed by atoms with van der Waals surface area (Å²) in [5, 5.41) is 2.65. The normalized spacial score (nSPS) is 11.6. The molecule has 0 rings (SSSR count). The van der Waals surface area contributed by atoms with Gasteiger partial charge in [-0.25, -0.2) is 0 Å². The Morgan fingerprint density at radius 3 is 2.81 bits per heavy atom. The van der Waals surface area contributed by atoms with Crippen LogP contribution in [0, 0.1) is 0 Å². The van der Waals surface area contributed by atoms with Gasteiger partial charge in [0.25, 0.3) is 0 Å². The van der Waals surface area contributed by atoms with E-state index in [2.05, 4.69) is 11.9 Å². The largest absolute Gasteiger partial charge is 0.466 e. The summed E-state index contributed by atoms with van der Waals surface area (Å²) < 4.78 is 4.75. The van der Waals surface area contributed by atoms with Crippen molar-refractivity contribution >= 4 is 11.9 Å². The highest BCUT2D eigenvalue weighted by Gasteiger charge is 2.10. The van der Waals surface area contributed by atoms with Gasteiger partial charge in [0.05, 0.1) is 12.6 Å². The van der Waals surface area contributed by atoms with Crippen LogP contribution >= 0.6 is 0 Å². The van der Waals surface area contributed by atoms with Gasteiger partial charge in [-0.2, -0.15) is 0 Å². The Kier molecular flexibility index (Phi) is 8.15. The van der Waals surface area contributed by atoms with Crippen LogP contribution in [0.2, 0.25) is 0 Å². The standard InChI is InChI=1S/C11H20N2O3/c1-3-6-9(12)11(15)13-8-5-7-10(14)16-4-2/h3,9H,1,4-8,12H2,2H3,(H,13,15). The van der Waals surface area contributed by atoms with Gasteiger partial charge >= 0.3 is 5.97 Å². The molecule has 0 aromatic rings. The van der Waals surface area contributed by atoms with Crippen LogP contribution in [0.4, 0.5) is 0 Å². The molecular formula is C11H20N2O3. The minimum atomic E-state index is -0.555. The molecule has 0 saturated carbocycles. The summed E-state index contributed by atoms with van der Waals surface area (Å²) in [5.41, 5.74) is 5.54. The minimum Gasteiger partial charge on any atom is -0.466 e. The Morgan fingerprint density at radius 1 is 1.56 bits per heavy atom. The predicted molar refractivity (Wildman–Crippen MR) is 61.7 cm³/mol. The first-order chi connectivity index (χ1) is 7.61. The third-order valence-electron chi connectivity index (χ3n) is 1.92. The van der Waals surface area contributed by atoms with Gasteiger partial charge in [0.1, 0.15) is 0 Å². The zero-order chi connectivity index (χ0) is 12.4. The molecule has 0 aliphatic heterocycles. The smallest absolute Gasteiger partial charge is 0.305 e. The first kappa shape index (κ1) is 14.6. The quantitative estimate of drug-likeness (QED) is 0.357. The van der Waals surface area contributed by atoms with E-state index in [9.17, 15) is 9.59 Å². The number of hydrogen-bond donors (Lipinski definition) is 2. The Labute approximate surface area is 96.0 Å². The summed E-state index contributed by atoms with van der Waals surface area (Å²) >= 11 is 0. The molecule has 0 aromatic carbocycles. The summed E-state index contributed by atoms with van der Waals surface area (Å²) in [6.07, 6.45) is 2.92. The van der Waals surface area contributed by atoms with Gasteiger partial charge in [0.15, 0.2) is 0 Å². The van der Waals surface area contributed by atoms with Crippen LogP contribution in [0.1, 0.15) is 26.2 Å². The number of nitrogens with two attached hydrogens (primary N) is 1. The average Bonchev–Trinajstić information content (AvgIpc) is 2.24. The number of esters is 1. The summed E-state index contributed by atoms with van der Waals surface area (Å²) in [5.74, 6) is -0.462. The maximum Gasteiger partial charge on any atom is 0.305 e. The Hall–Kier alpha value is -1.36. The van der Waals surface area contributed by atoms with E-state index in [1.807, 2.05) is 0 Å². The number of nitrogens with one attached hydrogen (secondary N) is 1. The zero-order valence-electron chi connectivity index (χ0n) is 9.70. The molecule has 5 nitrogen and oxygen atoms in total. The highest BCUT2D eigenvalue weighted by molar-refractivity contribution is 5.81. The average molecular weight is 228 g/mol. The summed E-state index contributed by atoms with van der Waals surface area (Å²) in [6, 6.07) is -0.555. The number of amides is 1. The fraction of sp³-hybridized carbons (Fsp3) is 0.636. The van der Waals surface area contributed by atoms with Crippen LogP contribution in [-0.2, 0) is 14.3 Å². The van der Waals surface area contributed by atoms with Crippen molar-refractivity contribution in [3.8, 4) is 0 Å². The van der Waals surface area contributed by atoms with Crippen LogP contribution < -0.4 is 11.1 Å². The first-order valence-electron chi connectivity index (χ1n) is 5.41. The number of carbonyl (C=O) groups excluding carboxylic acids is 2. The summed E-state index contributed by atoms with van der Waals surface area (Å²) in [7, 11) is 0. The molecule has 16 heavy (non-hydrogen) atoms. The maximum absolute atomic E-state index is 11.3. The molecule has 1 atom stereocenters. The molecule has 5 heteroatoms. The number of carbonyl (C=O) groups is 2. The van der Waals surface area contributed by atoms with Crippen molar-refractivity contribution < 1.29 is 14.3 Å². The Morgan fingerprint density at radius 2 is 2.25 bits per heavy atom. The molecule has 0 bridgehead atoms. The lowest BCUT2D eigenvalue weighted by atomic mass is 10.2. The monoisotopic (exact) mass is 228 g/mol. The summed E-state index contributed by atoms with van der Waals surface area (Å²) in [4.78, 5) is 22.3. The van der Waals surface area contributed by atoms with Gasteiger partial charge < -0.3 is 15.8 Å². The van der Waals surface area contributed by atoms with Gasteiger partial charge in [0.2, 0.25) is 5.91 Å². The van der Waals surface area contributed by atoms with E-state index in [4.69, 9.17) is 10.5 Å². The highest BCUT2D eigenvalue weighted by atomic mass is 16.5. The van der Waals surface area contributed by atoms with Crippen molar-refractivity contribution in [3.05, 3.63) is 12.7 Å². The molecule has 92 valence electrons. The third kappa shape index (κ3) is 7.00. The van der Waals surface area contributed by atoms with E-state index in [1.54, 1.807) is 13.0 Å². The van der Waals surface area contributed by atoms with Gasteiger partial charge in [-0.1, -0.05) is 6.08 Å². The molecule has 0 aliphatic rings. The second-order valence-corrected chi connectivity index (χ2v) is 3.33. The Bertz CT molecular complexity index is 241. The second-order valence-electron chi connectivity index (χ2n) is 3.33. The lowest BCUT2D eigenvalue weighted by Gasteiger charge is -2.09. The van der Waals surface area contributed by atoms with Gasteiger partial charge in [-0.3, -0.25) is 9.59 Å². The van der Waals surface area contributed by atoms with Crippen LogP contribution in [0.3, 0.4) is 0 Å². The molecule has 0 aromatic heterocycles. The van der Waals surface area contributed by atoms with Gasteiger partial charge in [-0.05, 0) is 19.8 Å². The number of ether oxygens (including phenoxy) is 1. The molecule has 0 saturated heterocycles. The van der Waals surface area contributed by atoms with E-state index in [1.165, 1.54) is 0 Å². The van der Waals surface area contributed by atoms with Crippen LogP contribution in [0.5, 0.6) is 0 Å². The lowest BCUT2D eigenvalue weighted by molar-refractivity contribution is -0.143. The van der Waals surface area contributed by atoms with Crippen molar-refractivity contribution in [2.75, 3.05) is 13.2 Å². The van der Waals surface area contributed by atoms with Gasteiger partial charge in [-0.15, -0.1) is 6.58 Å². The van der Waals surface area contributed by atoms with Crippen LogP contribution in [0.15, 0.2) is 12.7 Å². The van der Waals surface area contributed by atoms with E-state index in [-0.39, 0.29) is 11.9 Å². The van der Waals surface area contributed by atoms with Crippen molar-refractivity contribution in [1.29, 1.82) is 0 Å². The van der Waals surface area contributed by atoms with Crippen molar-refractivity contribution in [2.24, 2.45) is 5.73 Å². The third-order valence-corrected chi connectivity index (χ3v) is 1.92. The molecule has 0 fully saturated rings. The number of rotatable bonds is 8. The SMILES string of the molecule is C=CCC(N)C(=O)NCCCC(=O)OCC. The predicted octanol–water partition coefficient (Wildman–Crippen LogP) is 0.349. The maximum atomic E-state index is 11.3. The van der Waals surface area contributed by atoms with E-state index >= 15 is 0 Å². The van der Waals surface area contributed by atoms with Crippen LogP contribution in [-0.4, -0.2) is 31.1 Å². The lowest BCUT2D eigenvalue weighted by Crippen LogP contribution is -2.40. The molecular weight excluding hydrogens is 208 g/mol. The molecule has 0 spiro atoms. The first-order valence-corrected chi connectivity index (χ1v) is 5.41. The van der Waals surface area contributed by atoms with Crippen molar-refractivity contribution in [2.45, 2.75) is 32.2 Å². The minimum absolute atomic E-state index is 0.219. The number of hydrogen-bond acceptors (Lipinski definition) is 4. The molecule has 0 aliphatic carbocycles. The molecule has 0 radical (unpaired) electrons. The molecule has 1 unspecified atom stereocenters. The Balaban J connectivity index is 3.54. The van der Waals surface area contributed by atoms with E-state index in [0.29, 0.717) is 32.4 Å². The van der Waals surface area contributed by atoms with Crippen molar-refractivity contribution in [1.82, 2.24) is 5.32 Å². The molecule has 1 amide bonds. The summed E-state index contributed by atoms with van der Waals surface area (Å²) in [6.45, 7) is 6.08. The molecule has 3 N–H and O–H groups in total. The topological polar surface area (TPSA) is 81.4 Å². The van der Waals surface area contributed by atoms with Gasteiger partial charge in [0, 0.05) is 13.0 Å². The van der Waals surface area contributed by atoms with Crippen molar-refractivity contribution in [3.63, 3.8) is 0 Å². The fourth-order valence-corrected chi connectivity index (χ4v) is 1.10. The molecule has 0 heterocycles. The second kappa shape index (κ2) is 8.91. The zero-order valence-corrected chi connectivity index (χ0v) is 9.70. The van der Waals surface area contributed by atoms with E-state index in [0.717, 1.165) is 0 Å². The fourth-order valence-electron chi connectivity index (χ4n) is 1.10. The van der Waals surface area contributed by atoms with E-state index < -0.39 is 6.04 Å². The van der Waals surface area contributed by atoms with Crippen LogP contribution in [0.25, 0.3) is 0 Å².